The molecule has 3 heteroatoms. The van der Waals surface area contributed by atoms with E-state index >= 15 is 0 Å². The van der Waals surface area contributed by atoms with E-state index in [-0.39, 0.29) is 0 Å². The molecule has 0 amide bonds. The first kappa shape index (κ1) is 6.91. The zero-order valence-corrected chi connectivity index (χ0v) is 6.31. The van der Waals surface area contributed by atoms with Crippen LogP contribution in [-0.4, -0.2) is 15.0 Å². The van der Waals surface area contributed by atoms with Crippen molar-refractivity contribution < 1.29 is 0 Å². The maximum absolute atomic E-state index is 4.07. The number of hydrogen-bond donors (Lipinski definition) is 0. The molecule has 1 radical (unpaired) electrons. The molecule has 0 aromatic carbocycles. The Balaban J connectivity index is 2.46. The maximum Gasteiger partial charge on any atom is 0.116 e. The molecular formula is C9H6N3. The SMILES string of the molecule is [c]1cc(-c2cccnc2)ncn1. The average Bonchev–Trinajstić information content (AvgIpc) is 2.21. The first-order chi connectivity index (χ1) is 5.97. The Morgan fingerprint density at radius 2 is 2.33 bits per heavy atom. The van der Waals surface area contributed by atoms with Crippen LogP contribution in [0.4, 0.5) is 0 Å². The molecule has 2 aromatic rings. The Bertz CT molecular complexity index is 307. The van der Waals surface area contributed by atoms with Crippen molar-refractivity contribution >= 4 is 0 Å². The van der Waals surface area contributed by atoms with E-state index in [4.69, 9.17) is 0 Å². The van der Waals surface area contributed by atoms with Crippen LogP contribution in [0.3, 0.4) is 0 Å². The van der Waals surface area contributed by atoms with Crippen LogP contribution in [-0.2, 0) is 0 Å². The lowest BCUT2D eigenvalue weighted by molar-refractivity contribution is 1.16. The van der Waals surface area contributed by atoms with Crippen LogP contribution in [0.2, 0.25) is 0 Å². The molecule has 2 aromatic heterocycles. The van der Waals surface area contributed by atoms with Gasteiger partial charge in [-0.25, -0.2) is 9.97 Å². The standard InChI is InChI=1S/C9H6N3/c1-2-8(6-10-4-1)9-3-5-11-7-12-9/h1-4,6-7H. The summed E-state index contributed by atoms with van der Waals surface area (Å²) in [5, 5.41) is 0. The van der Waals surface area contributed by atoms with Gasteiger partial charge >= 0.3 is 0 Å². The fraction of sp³-hybridized carbons (Fsp3) is 0. The summed E-state index contributed by atoms with van der Waals surface area (Å²) in [6.07, 6.45) is 7.68. The predicted molar refractivity (Wildman–Crippen MR) is 44.1 cm³/mol. The van der Waals surface area contributed by atoms with Gasteiger partial charge in [0.25, 0.3) is 0 Å². The fourth-order valence-electron chi connectivity index (χ4n) is 0.932. The highest BCUT2D eigenvalue weighted by atomic mass is 14.8. The molecule has 0 spiro atoms. The van der Waals surface area contributed by atoms with Crippen molar-refractivity contribution in [3.8, 4) is 11.3 Å². The third kappa shape index (κ3) is 1.29. The molecule has 0 fully saturated rings. The molecule has 3 nitrogen and oxygen atoms in total. The maximum atomic E-state index is 4.07. The molecule has 0 unspecified atom stereocenters. The molecule has 0 N–H and O–H groups in total. The first-order valence-corrected chi connectivity index (χ1v) is 3.55. The molecule has 0 bridgehead atoms. The van der Waals surface area contributed by atoms with Crippen LogP contribution < -0.4 is 0 Å². The summed E-state index contributed by atoms with van der Waals surface area (Å²) in [5.41, 5.74) is 1.83. The summed E-state index contributed by atoms with van der Waals surface area (Å²) in [6, 6.07) is 5.55. The van der Waals surface area contributed by atoms with Gasteiger partial charge in [-0.1, -0.05) is 0 Å². The summed E-state index contributed by atoms with van der Waals surface area (Å²) < 4.78 is 0. The van der Waals surface area contributed by atoms with Crippen LogP contribution >= 0.6 is 0 Å². The Morgan fingerprint density at radius 3 is 3.00 bits per heavy atom. The van der Waals surface area contributed by atoms with E-state index in [0.717, 1.165) is 11.3 Å². The summed E-state index contributed by atoms with van der Waals surface area (Å²) in [7, 11) is 0. The van der Waals surface area contributed by atoms with E-state index in [9.17, 15) is 0 Å². The van der Waals surface area contributed by atoms with Gasteiger partial charge in [-0.15, -0.1) is 0 Å². The molecular weight excluding hydrogens is 150 g/mol. The normalized spacial score (nSPS) is 9.67. The highest BCUT2D eigenvalue weighted by Crippen LogP contribution is 2.12. The number of rotatable bonds is 1. The van der Waals surface area contributed by atoms with Crippen molar-refractivity contribution in [3.63, 3.8) is 0 Å². The van der Waals surface area contributed by atoms with Crippen molar-refractivity contribution in [1.82, 2.24) is 15.0 Å². The second-order valence-corrected chi connectivity index (χ2v) is 2.27. The van der Waals surface area contributed by atoms with Gasteiger partial charge in [0.1, 0.15) is 6.33 Å². The van der Waals surface area contributed by atoms with Crippen molar-refractivity contribution in [1.29, 1.82) is 0 Å². The van der Waals surface area contributed by atoms with Crippen LogP contribution in [0.5, 0.6) is 0 Å². The molecule has 0 saturated carbocycles. The molecule has 0 atom stereocenters. The third-order valence-electron chi connectivity index (χ3n) is 1.49. The third-order valence-corrected chi connectivity index (χ3v) is 1.49. The van der Waals surface area contributed by atoms with Gasteiger partial charge in [-0.05, 0) is 18.2 Å². The average molecular weight is 156 g/mol. The Kier molecular flexibility index (Phi) is 1.78. The largest absolute Gasteiger partial charge is 0.264 e. The van der Waals surface area contributed by atoms with Crippen molar-refractivity contribution in [2.75, 3.05) is 0 Å². The fourth-order valence-corrected chi connectivity index (χ4v) is 0.932. The monoisotopic (exact) mass is 156 g/mol. The van der Waals surface area contributed by atoms with E-state index < -0.39 is 0 Å². The van der Waals surface area contributed by atoms with E-state index in [1.807, 2.05) is 12.1 Å². The summed E-state index contributed by atoms with van der Waals surface area (Å²) in [4.78, 5) is 11.8. The van der Waals surface area contributed by atoms with E-state index in [1.165, 1.54) is 6.33 Å². The van der Waals surface area contributed by atoms with Gasteiger partial charge in [0.05, 0.1) is 11.9 Å². The van der Waals surface area contributed by atoms with Gasteiger partial charge in [0.15, 0.2) is 0 Å². The number of hydrogen-bond acceptors (Lipinski definition) is 3. The number of pyridine rings is 1. The molecule has 0 saturated heterocycles. The van der Waals surface area contributed by atoms with Gasteiger partial charge in [0.2, 0.25) is 0 Å². The second-order valence-electron chi connectivity index (χ2n) is 2.27. The van der Waals surface area contributed by atoms with E-state index in [0.29, 0.717) is 0 Å². The minimum Gasteiger partial charge on any atom is -0.264 e. The van der Waals surface area contributed by atoms with E-state index in [2.05, 4.69) is 21.1 Å². The molecule has 2 heterocycles. The van der Waals surface area contributed by atoms with Crippen LogP contribution in [0.1, 0.15) is 0 Å². The summed E-state index contributed by atoms with van der Waals surface area (Å²) in [6.45, 7) is 0. The number of nitrogens with zero attached hydrogens (tertiary/aromatic N) is 3. The van der Waals surface area contributed by atoms with Crippen LogP contribution in [0, 0.1) is 6.20 Å². The van der Waals surface area contributed by atoms with Gasteiger partial charge in [-0.3, -0.25) is 4.98 Å². The minimum atomic E-state index is 0.845. The smallest absolute Gasteiger partial charge is 0.116 e. The zero-order valence-electron chi connectivity index (χ0n) is 6.31. The molecule has 0 aliphatic heterocycles. The Labute approximate surface area is 70.1 Å². The lowest BCUT2D eigenvalue weighted by atomic mass is 10.2. The summed E-state index contributed by atoms with van der Waals surface area (Å²) >= 11 is 0. The number of aromatic nitrogens is 3. The molecule has 12 heavy (non-hydrogen) atoms. The lowest BCUT2D eigenvalue weighted by Gasteiger charge is -1.95. The Hall–Kier alpha value is -1.77. The summed E-state index contributed by atoms with van der Waals surface area (Å²) in [5.74, 6) is 0. The van der Waals surface area contributed by atoms with Gasteiger partial charge in [0, 0.05) is 18.0 Å². The van der Waals surface area contributed by atoms with E-state index in [1.54, 1.807) is 18.5 Å². The topological polar surface area (TPSA) is 38.7 Å². The van der Waals surface area contributed by atoms with Gasteiger partial charge < -0.3 is 0 Å². The minimum absolute atomic E-state index is 0.845. The first-order valence-electron chi connectivity index (χ1n) is 3.55. The molecule has 2 rings (SSSR count). The predicted octanol–water partition coefficient (Wildman–Crippen LogP) is 1.34. The quantitative estimate of drug-likeness (QED) is 0.625. The molecule has 57 valence electrons. The van der Waals surface area contributed by atoms with Crippen LogP contribution in [0.15, 0.2) is 36.9 Å². The highest BCUT2D eigenvalue weighted by Gasteiger charge is 1.95. The highest BCUT2D eigenvalue weighted by molar-refractivity contribution is 5.56. The van der Waals surface area contributed by atoms with Crippen molar-refractivity contribution in [2.24, 2.45) is 0 Å². The second kappa shape index (κ2) is 3.09. The Morgan fingerprint density at radius 1 is 1.33 bits per heavy atom. The lowest BCUT2D eigenvalue weighted by Crippen LogP contribution is -1.83. The van der Waals surface area contributed by atoms with Crippen molar-refractivity contribution in [2.45, 2.75) is 0 Å². The van der Waals surface area contributed by atoms with Gasteiger partial charge in [-0.2, -0.15) is 0 Å². The van der Waals surface area contributed by atoms with Crippen LogP contribution in [0.25, 0.3) is 11.3 Å². The molecule has 0 aliphatic rings. The molecule has 0 aliphatic carbocycles. The van der Waals surface area contributed by atoms with Crippen molar-refractivity contribution in [3.05, 3.63) is 43.1 Å². The zero-order chi connectivity index (χ0) is 8.23.